The summed E-state index contributed by atoms with van der Waals surface area (Å²) >= 11 is 0. The van der Waals surface area contributed by atoms with Crippen molar-refractivity contribution >= 4 is 23.5 Å². The minimum atomic E-state index is -1.99. The van der Waals surface area contributed by atoms with Gasteiger partial charge in [-0.15, -0.1) is 0 Å². The maximum Gasteiger partial charge on any atom is 0.304 e. The SMILES string of the molecule is CC(=O)OC1(C(=O)NC2CCCCC2)C(=O)N(Cc2ccccc2)c2ccccc21. The Labute approximate surface area is 176 Å². The number of carbonyl (C=O) groups excluding carboxylic acids is 3. The van der Waals surface area contributed by atoms with Crippen molar-refractivity contribution in [2.45, 2.75) is 57.2 Å². The van der Waals surface area contributed by atoms with Gasteiger partial charge in [0, 0.05) is 18.5 Å². The van der Waals surface area contributed by atoms with Crippen LogP contribution in [-0.2, 0) is 31.3 Å². The van der Waals surface area contributed by atoms with Crippen LogP contribution in [0.2, 0.25) is 0 Å². The summed E-state index contributed by atoms with van der Waals surface area (Å²) in [6.07, 6.45) is 4.96. The van der Waals surface area contributed by atoms with Crippen LogP contribution in [-0.4, -0.2) is 23.8 Å². The van der Waals surface area contributed by atoms with Crippen LogP contribution in [0.5, 0.6) is 0 Å². The van der Waals surface area contributed by atoms with Crippen molar-refractivity contribution < 1.29 is 19.1 Å². The van der Waals surface area contributed by atoms with E-state index in [0.29, 0.717) is 11.3 Å². The highest BCUT2D eigenvalue weighted by Crippen LogP contribution is 2.44. The van der Waals surface area contributed by atoms with Crippen molar-refractivity contribution in [1.29, 1.82) is 0 Å². The van der Waals surface area contributed by atoms with Crippen molar-refractivity contribution in [3.8, 4) is 0 Å². The van der Waals surface area contributed by atoms with Gasteiger partial charge in [0.25, 0.3) is 17.4 Å². The quantitative estimate of drug-likeness (QED) is 0.610. The lowest BCUT2D eigenvalue weighted by Crippen LogP contribution is -2.56. The zero-order chi connectivity index (χ0) is 21.1. The maximum atomic E-state index is 13.7. The summed E-state index contributed by atoms with van der Waals surface area (Å²) in [6, 6.07) is 16.6. The largest absolute Gasteiger partial charge is 0.434 e. The third-order valence-corrected chi connectivity index (χ3v) is 5.86. The molecule has 1 aliphatic carbocycles. The molecule has 2 aliphatic rings. The summed E-state index contributed by atoms with van der Waals surface area (Å²) in [5.74, 6) is -1.76. The Kier molecular flexibility index (Phi) is 5.57. The number of nitrogens with one attached hydrogen (secondary N) is 1. The molecular weight excluding hydrogens is 380 g/mol. The van der Waals surface area contributed by atoms with E-state index in [-0.39, 0.29) is 12.6 Å². The van der Waals surface area contributed by atoms with Gasteiger partial charge in [0.05, 0.1) is 12.2 Å². The first kappa shape index (κ1) is 20.1. The number of amides is 2. The van der Waals surface area contributed by atoms with Crippen molar-refractivity contribution in [3.05, 3.63) is 65.7 Å². The Morgan fingerprint density at radius 1 is 1.03 bits per heavy atom. The molecular formula is C24H26N2O4. The fraction of sp³-hybridized carbons (Fsp3) is 0.375. The lowest BCUT2D eigenvalue weighted by atomic mass is 9.91. The van der Waals surface area contributed by atoms with E-state index in [1.807, 2.05) is 36.4 Å². The number of hydrogen-bond donors (Lipinski definition) is 1. The second-order valence-corrected chi connectivity index (χ2v) is 7.98. The molecule has 1 unspecified atom stereocenters. The number of esters is 1. The zero-order valence-corrected chi connectivity index (χ0v) is 17.1. The van der Waals surface area contributed by atoms with E-state index >= 15 is 0 Å². The van der Waals surface area contributed by atoms with Crippen LogP contribution in [0.15, 0.2) is 54.6 Å². The average molecular weight is 406 g/mol. The highest BCUT2D eigenvalue weighted by molar-refractivity contribution is 6.21. The summed E-state index contributed by atoms with van der Waals surface area (Å²) in [7, 11) is 0. The summed E-state index contributed by atoms with van der Waals surface area (Å²) in [5.41, 5.74) is -0.0675. The van der Waals surface area contributed by atoms with Crippen LogP contribution < -0.4 is 10.2 Å². The van der Waals surface area contributed by atoms with E-state index in [9.17, 15) is 14.4 Å². The highest BCUT2D eigenvalue weighted by Gasteiger charge is 2.59. The molecule has 0 saturated heterocycles. The van der Waals surface area contributed by atoms with Gasteiger partial charge in [0.15, 0.2) is 0 Å². The van der Waals surface area contributed by atoms with Crippen LogP contribution in [0.25, 0.3) is 0 Å². The molecule has 30 heavy (non-hydrogen) atoms. The number of fused-ring (bicyclic) bond motifs is 1. The van der Waals surface area contributed by atoms with Gasteiger partial charge in [-0.1, -0.05) is 67.8 Å². The standard InChI is InChI=1S/C24H26N2O4/c1-17(27)30-24(22(28)25-19-12-6-3-7-13-19)20-14-8-9-15-21(20)26(23(24)29)16-18-10-4-2-5-11-18/h2,4-5,8-11,14-15,19H,3,6-7,12-13,16H2,1H3,(H,25,28). The predicted octanol–water partition coefficient (Wildman–Crippen LogP) is 3.44. The van der Waals surface area contributed by atoms with Crippen LogP contribution in [0.4, 0.5) is 5.69 Å². The van der Waals surface area contributed by atoms with Crippen molar-refractivity contribution in [2.75, 3.05) is 4.90 Å². The molecule has 4 rings (SSSR count). The van der Waals surface area contributed by atoms with Gasteiger partial charge in [-0.25, -0.2) is 0 Å². The van der Waals surface area contributed by atoms with Gasteiger partial charge in [-0.3, -0.25) is 14.4 Å². The lowest BCUT2D eigenvalue weighted by Gasteiger charge is -2.30. The molecule has 156 valence electrons. The first-order chi connectivity index (χ1) is 14.5. The number of nitrogens with zero attached hydrogens (tertiary/aromatic N) is 1. The van der Waals surface area contributed by atoms with Crippen molar-refractivity contribution in [3.63, 3.8) is 0 Å². The lowest BCUT2D eigenvalue weighted by molar-refractivity contribution is -0.173. The molecule has 1 heterocycles. The number of para-hydroxylation sites is 1. The Hall–Kier alpha value is -3.15. The molecule has 0 radical (unpaired) electrons. The van der Waals surface area contributed by atoms with Gasteiger partial charge in [-0.05, 0) is 24.5 Å². The van der Waals surface area contributed by atoms with Crippen LogP contribution in [0, 0.1) is 0 Å². The molecule has 0 bridgehead atoms. The summed E-state index contributed by atoms with van der Waals surface area (Å²) in [6.45, 7) is 1.52. The highest BCUT2D eigenvalue weighted by atomic mass is 16.6. The van der Waals surface area contributed by atoms with Gasteiger partial charge < -0.3 is 15.0 Å². The number of rotatable bonds is 5. The van der Waals surface area contributed by atoms with Gasteiger partial charge in [0.2, 0.25) is 0 Å². The smallest absolute Gasteiger partial charge is 0.304 e. The summed E-state index contributed by atoms with van der Waals surface area (Å²) in [5, 5.41) is 3.00. The number of anilines is 1. The third-order valence-electron chi connectivity index (χ3n) is 5.86. The molecule has 1 N–H and O–H groups in total. The van der Waals surface area contributed by atoms with E-state index in [1.54, 1.807) is 18.2 Å². The molecule has 1 saturated carbocycles. The van der Waals surface area contributed by atoms with E-state index < -0.39 is 23.4 Å². The molecule has 6 heteroatoms. The van der Waals surface area contributed by atoms with E-state index in [4.69, 9.17) is 4.74 Å². The van der Waals surface area contributed by atoms with Crippen molar-refractivity contribution in [2.24, 2.45) is 0 Å². The van der Waals surface area contributed by atoms with E-state index in [2.05, 4.69) is 5.32 Å². The Balaban J connectivity index is 1.74. The molecule has 2 aromatic carbocycles. The summed E-state index contributed by atoms with van der Waals surface area (Å²) < 4.78 is 5.57. The minimum absolute atomic E-state index is 0.0122. The van der Waals surface area contributed by atoms with E-state index in [1.165, 1.54) is 11.8 Å². The second kappa shape index (κ2) is 8.30. The first-order valence-electron chi connectivity index (χ1n) is 10.5. The monoisotopic (exact) mass is 406 g/mol. The van der Waals surface area contributed by atoms with Crippen LogP contribution >= 0.6 is 0 Å². The topological polar surface area (TPSA) is 75.7 Å². The molecule has 1 aliphatic heterocycles. The van der Waals surface area contributed by atoms with Crippen LogP contribution in [0.1, 0.15) is 50.2 Å². The number of benzene rings is 2. The Morgan fingerprint density at radius 3 is 2.40 bits per heavy atom. The number of carbonyl (C=O) groups is 3. The second-order valence-electron chi connectivity index (χ2n) is 7.98. The molecule has 2 amide bonds. The molecule has 1 fully saturated rings. The fourth-order valence-electron chi connectivity index (χ4n) is 4.46. The molecule has 0 spiro atoms. The predicted molar refractivity (Wildman–Crippen MR) is 113 cm³/mol. The number of ether oxygens (including phenoxy) is 1. The summed E-state index contributed by atoms with van der Waals surface area (Å²) in [4.78, 5) is 40.8. The van der Waals surface area contributed by atoms with Crippen molar-refractivity contribution in [1.82, 2.24) is 5.32 Å². The molecule has 1 atom stereocenters. The first-order valence-corrected chi connectivity index (χ1v) is 10.5. The molecule has 6 nitrogen and oxygen atoms in total. The van der Waals surface area contributed by atoms with Gasteiger partial charge in [0.1, 0.15) is 0 Å². The maximum absolute atomic E-state index is 13.7. The third kappa shape index (κ3) is 3.58. The normalized spacial score (nSPS) is 21.2. The zero-order valence-electron chi connectivity index (χ0n) is 17.1. The minimum Gasteiger partial charge on any atom is -0.434 e. The average Bonchev–Trinajstić information content (AvgIpc) is 2.98. The Morgan fingerprint density at radius 2 is 1.70 bits per heavy atom. The Bertz CT molecular complexity index is 953. The van der Waals surface area contributed by atoms with Gasteiger partial charge in [-0.2, -0.15) is 0 Å². The van der Waals surface area contributed by atoms with E-state index in [0.717, 1.165) is 37.7 Å². The fourth-order valence-corrected chi connectivity index (χ4v) is 4.46. The van der Waals surface area contributed by atoms with Gasteiger partial charge >= 0.3 is 5.97 Å². The molecule has 0 aromatic heterocycles. The van der Waals surface area contributed by atoms with Crippen LogP contribution in [0.3, 0.4) is 0 Å². The molecule has 2 aromatic rings. The number of hydrogen-bond acceptors (Lipinski definition) is 4.